The van der Waals surface area contributed by atoms with Crippen LogP contribution in [0.3, 0.4) is 0 Å². The number of carbonyl (C=O) groups is 1. The first-order valence-corrected chi connectivity index (χ1v) is 8.23. The average molecular weight is 379 g/mol. The fourth-order valence-electron chi connectivity index (χ4n) is 1.73. The van der Waals surface area contributed by atoms with Crippen LogP contribution in [0.15, 0.2) is 18.2 Å². The molecule has 5 heteroatoms. The van der Waals surface area contributed by atoms with Gasteiger partial charge in [-0.3, -0.25) is 4.79 Å². The van der Waals surface area contributed by atoms with E-state index in [9.17, 15) is 9.90 Å². The van der Waals surface area contributed by atoms with Gasteiger partial charge in [-0.2, -0.15) is 11.8 Å². The van der Waals surface area contributed by atoms with Crippen LogP contribution < -0.4 is 0 Å². The largest absolute Gasteiger partial charge is 0.507 e. The van der Waals surface area contributed by atoms with Crippen LogP contribution in [0.25, 0.3) is 0 Å². The normalized spacial score (nSPS) is 12.2. The standard InChI is InChI=1S/C13H18INO2S/c1-4-10(8-18-3)15(2)13(17)11-7-9(14)5-6-12(11)16/h5-7,10,16H,4,8H2,1-3H3. The Kier molecular flexibility index (Phi) is 6.28. The third-order valence-electron chi connectivity index (χ3n) is 2.89. The lowest BCUT2D eigenvalue weighted by Gasteiger charge is -2.27. The monoisotopic (exact) mass is 379 g/mol. The van der Waals surface area contributed by atoms with E-state index in [-0.39, 0.29) is 17.7 Å². The Bertz CT molecular complexity index is 425. The number of carbonyl (C=O) groups excluding carboxylic acids is 1. The van der Waals surface area contributed by atoms with Crippen molar-refractivity contribution in [2.24, 2.45) is 0 Å². The topological polar surface area (TPSA) is 40.5 Å². The van der Waals surface area contributed by atoms with Gasteiger partial charge in [-0.15, -0.1) is 0 Å². The number of thioether (sulfide) groups is 1. The van der Waals surface area contributed by atoms with Crippen LogP contribution in [0.2, 0.25) is 0 Å². The molecule has 0 saturated carbocycles. The van der Waals surface area contributed by atoms with E-state index < -0.39 is 0 Å². The minimum absolute atomic E-state index is 0.0475. The number of benzene rings is 1. The molecule has 0 bridgehead atoms. The summed E-state index contributed by atoms with van der Waals surface area (Å²) in [6.07, 6.45) is 2.94. The van der Waals surface area contributed by atoms with E-state index >= 15 is 0 Å². The van der Waals surface area contributed by atoms with Gasteiger partial charge in [0.05, 0.1) is 5.56 Å². The Hall–Kier alpha value is -0.430. The lowest BCUT2D eigenvalue weighted by Crippen LogP contribution is -2.38. The number of phenols is 1. The first-order valence-electron chi connectivity index (χ1n) is 5.75. The number of phenolic OH excluding ortho intramolecular Hbond substituents is 1. The fraction of sp³-hybridized carbons (Fsp3) is 0.462. The van der Waals surface area contributed by atoms with Crippen molar-refractivity contribution in [3.05, 3.63) is 27.3 Å². The summed E-state index contributed by atoms with van der Waals surface area (Å²) in [5, 5.41) is 9.78. The van der Waals surface area contributed by atoms with Crippen molar-refractivity contribution in [1.82, 2.24) is 4.90 Å². The number of hydrogen-bond donors (Lipinski definition) is 1. The molecular weight excluding hydrogens is 361 g/mol. The molecule has 0 fully saturated rings. The molecule has 0 saturated heterocycles. The molecule has 3 nitrogen and oxygen atoms in total. The van der Waals surface area contributed by atoms with Crippen LogP contribution in [-0.4, -0.2) is 41.0 Å². The summed E-state index contributed by atoms with van der Waals surface area (Å²) in [4.78, 5) is 14.1. The molecule has 1 amide bonds. The van der Waals surface area contributed by atoms with Gasteiger partial charge in [0, 0.05) is 22.4 Å². The predicted molar refractivity (Wildman–Crippen MR) is 85.4 cm³/mol. The van der Waals surface area contributed by atoms with Crippen LogP contribution in [0.5, 0.6) is 5.75 Å². The van der Waals surface area contributed by atoms with Gasteiger partial charge >= 0.3 is 0 Å². The fourth-order valence-corrected chi connectivity index (χ4v) is 3.07. The van der Waals surface area contributed by atoms with E-state index in [2.05, 4.69) is 29.5 Å². The molecule has 1 unspecified atom stereocenters. The van der Waals surface area contributed by atoms with E-state index in [1.54, 1.807) is 41.9 Å². The summed E-state index contributed by atoms with van der Waals surface area (Å²) in [5.74, 6) is 0.835. The highest BCUT2D eigenvalue weighted by Crippen LogP contribution is 2.22. The van der Waals surface area contributed by atoms with Crippen LogP contribution in [-0.2, 0) is 0 Å². The molecule has 1 aromatic rings. The van der Waals surface area contributed by atoms with Crippen LogP contribution in [0.4, 0.5) is 0 Å². The van der Waals surface area contributed by atoms with Crippen LogP contribution >= 0.6 is 34.4 Å². The van der Waals surface area contributed by atoms with Gasteiger partial charge in [0.2, 0.25) is 0 Å². The van der Waals surface area contributed by atoms with Crippen molar-refractivity contribution < 1.29 is 9.90 Å². The Morgan fingerprint density at radius 2 is 2.22 bits per heavy atom. The van der Waals surface area contributed by atoms with Crippen molar-refractivity contribution in [2.45, 2.75) is 19.4 Å². The van der Waals surface area contributed by atoms with E-state index in [1.807, 2.05) is 6.26 Å². The summed E-state index contributed by atoms with van der Waals surface area (Å²) in [6, 6.07) is 5.27. The second kappa shape index (κ2) is 7.23. The zero-order valence-corrected chi connectivity index (χ0v) is 13.8. The molecule has 1 aromatic carbocycles. The van der Waals surface area contributed by atoms with Gasteiger partial charge in [-0.1, -0.05) is 6.92 Å². The molecule has 100 valence electrons. The molecular formula is C13H18INO2S. The molecule has 18 heavy (non-hydrogen) atoms. The van der Waals surface area contributed by atoms with Crippen molar-refractivity contribution in [1.29, 1.82) is 0 Å². The minimum atomic E-state index is -0.119. The summed E-state index contributed by atoms with van der Waals surface area (Å²) >= 11 is 3.86. The molecule has 0 aliphatic carbocycles. The summed E-state index contributed by atoms with van der Waals surface area (Å²) in [6.45, 7) is 2.07. The summed E-state index contributed by atoms with van der Waals surface area (Å²) in [5.41, 5.74) is 0.379. The quantitative estimate of drug-likeness (QED) is 0.799. The molecule has 1 atom stereocenters. The SMILES string of the molecule is CCC(CSC)N(C)C(=O)c1cc(I)ccc1O. The van der Waals surface area contributed by atoms with E-state index in [4.69, 9.17) is 0 Å². The average Bonchev–Trinajstić information content (AvgIpc) is 2.37. The maximum Gasteiger partial charge on any atom is 0.257 e. The molecule has 0 spiro atoms. The van der Waals surface area contributed by atoms with Gasteiger partial charge < -0.3 is 10.0 Å². The molecule has 1 N–H and O–H groups in total. The predicted octanol–water partition coefficient (Wildman–Crippen LogP) is 3.21. The maximum absolute atomic E-state index is 12.3. The Morgan fingerprint density at radius 3 is 2.78 bits per heavy atom. The van der Waals surface area contributed by atoms with Crippen LogP contribution in [0.1, 0.15) is 23.7 Å². The summed E-state index contributed by atoms with van der Waals surface area (Å²) in [7, 11) is 1.80. The van der Waals surface area contributed by atoms with Crippen molar-refractivity contribution in [2.75, 3.05) is 19.1 Å². The Labute approximate surface area is 126 Å². The number of halogens is 1. The number of rotatable bonds is 5. The lowest BCUT2D eigenvalue weighted by atomic mass is 10.1. The van der Waals surface area contributed by atoms with E-state index in [1.165, 1.54) is 0 Å². The number of aromatic hydroxyl groups is 1. The van der Waals surface area contributed by atoms with Crippen molar-refractivity contribution >= 4 is 40.3 Å². The highest BCUT2D eigenvalue weighted by molar-refractivity contribution is 14.1. The number of amides is 1. The van der Waals surface area contributed by atoms with Gasteiger partial charge in [0.1, 0.15) is 5.75 Å². The van der Waals surface area contributed by atoms with Gasteiger partial charge in [0.25, 0.3) is 5.91 Å². The first kappa shape index (κ1) is 15.6. The highest BCUT2D eigenvalue weighted by Gasteiger charge is 2.21. The van der Waals surface area contributed by atoms with Crippen molar-refractivity contribution in [3.63, 3.8) is 0 Å². The molecule has 0 radical (unpaired) electrons. The van der Waals surface area contributed by atoms with Gasteiger partial charge in [-0.05, 0) is 53.5 Å². The summed E-state index contributed by atoms with van der Waals surface area (Å²) < 4.78 is 0.945. The van der Waals surface area contributed by atoms with Crippen LogP contribution in [0, 0.1) is 3.57 Å². The van der Waals surface area contributed by atoms with E-state index in [0.717, 1.165) is 15.7 Å². The van der Waals surface area contributed by atoms with Gasteiger partial charge in [-0.25, -0.2) is 0 Å². The Balaban J connectivity index is 2.95. The third-order valence-corrected chi connectivity index (χ3v) is 4.28. The smallest absolute Gasteiger partial charge is 0.257 e. The highest BCUT2D eigenvalue weighted by atomic mass is 127. The maximum atomic E-state index is 12.3. The molecule has 0 heterocycles. The molecule has 1 rings (SSSR count). The second-order valence-corrected chi connectivity index (χ2v) is 6.25. The van der Waals surface area contributed by atoms with Gasteiger partial charge in [0.15, 0.2) is 0 Å². The van der Waals surface area contributed by atoms with E-state index in [0.29, 0.717) is 5.56 Å². The van der Waals surface area contributed by atoms with Crippen molar-refractivity contribution in [3.8, 4) is 5.75 Å². The number of hydrogen-bond acceptors (Lipinski definition) is 3. The lowest BCUT2D eigenvalue weighted by molar-refractivity contribution is 0.0740. The number of nitrogens with zero attached hydrogens (tertiary/aromatic N) is 1. The molecule has 0 aliphatic heterocycles. The zero-order chi connectivity index (χ0) is 13.7. The second-order valence-electron chi connectivity index (χ2n) is 4.09. The molecule has 0 aliphatic rings. The zero-order valence-electron chi connectivity index (χ0n) is 10.8. The first-order chi connectivity index (χ1) is 8.51. The Morgan fingerprint density at radius 1 is 1.56 bits per heavy atom. The molecule has 0 aromatic heterocycles. The minimum Gasteiger partial charge on any atom is -0.507 e. The third kappa shape index (κ3) is 3.78.